The molecular formula is C21H20N4O5. The lowest BCUT2D eigenvalue weighted by Gasteiger charge is -2.09. The zero-order valence-electron chi connectivity index (χ0n) is 16.3. The average molecular weight is 408 g/mol. The highest BCUT2D eigenvalue weighted by molar-refractivity contribution is 5.94. The first-order valence-electron chi connectivity index (χ1n) is 9.42. The van der Waals surface area contributed by atoms with Crippen molar-refractivity contribution in [3.63, 3.8) is 0 Å². The van der Waals surface area contributed by atoms with Gasteiger partial charge in [0, 0.05) is 24.4 Å². The molecule has 0 radical (unpaired) electrons. The minimum absolute atomic E-state index is 0.198. The van der Waals surface area contributed by atoms with Gasteiger partial charge in [-0.15, -0.1) is 0 Å². The van der Waals surface area contributed by atoms with Crippen LogP contribution in [-0.2, 0) is 16.2 Å². The number of ether oxygens (including phenoxy) is 1. The van der Waals surface area contributed by atoms with Crippen LogP contribution in [0.2, 0.25) is 0 Å². The molecule has 0 saturated carbocycles. The van der Waals surface area contributed by atoms with Crippen molar-refractivity contribution in [2.24, 2.45) is 0 Å². The molecule has 0 bridgehead atoms. The summed E-state index contributed by atoms with van der Waals surface area (Å²) in [6.45, 7) is 2.29. The summed E-state index contributed by atoms with van der Waals surface area (Å²) in [5, 5.41) is 6.84. The molecule has 0 spiro atoms. The zero-order valence-corrected chi connectivity index (χ0v) is 16.3. The van der Waals surface area contributed by atoms with Gasteiger partial charge in [-0.2, -0.15) is 0 Å². The van der Waals surface area contributed by atoms with Crippen molar-refractivity contribution in [3.05, 3.63) is 65.5 Å². The van der Waals surface area contributed by atoms with Crippen LogP contribution in [0.4, 0.5) is 0 Å². The molecule has 3 aromatic rings. The Morgan fingerprint density at radius 3 is 2.80 bits per heavy atom. The fourth-order valence-corrected chi connectivity index (χ4v) is 2.99. The number of hydroxylamine groups is 1. The van der Waals surface area contributed by atoms with Gasteiger partial charge in [0.25, 0.3) is 5.91 Å². The van der Waals surface area contributed by atoms with E-state index in [4.69, 9.17) is 14.1 Å². The van der Waals surface area contributed by atoms with Crippen molar-refractivity contribution in [1.82, 2.24) is 20.9 Å². The van der Waals surface area contributed by atoms with Gasteiger partial charge in [-0.1, -0.05) is 35.5 Å². The van der Waals surface area contributed by atoms with Crippen molar-refractivity contribution in [3.8, 4) is 17.1 Å². The number of rotatable bonds is 7. The smallest absolute Gasteiger partial charge is 0.252 e. The fraction of sp³-hybridized carbons (Fsp3) is 0.238. The number of aryl methyl sites for hydroxylation is 1. The number of nitrogens with zero attached hydrogens (tertiary/aromatic N) is 2. The van der Waals surface area contributed by atoms with E-state index in [0.717, 1.165) is 16.8 Å². The second-order valence-electron chi connectivity index (χ2n) is 6.78. The third-order valence-electron chi connectivity index (χ3n) is 4.64. The standard InChI is InChI=1S/C21H20N4O5/c1-13-17(20(25-29-13)14-5-3-2-4-6-14)12-28-19-8-7-15(10-22-19)21(27)23-11-16-9-18(26)24-30-16/h2-8,10,16H,9,11-12H2,1H3,(H,23,27)(H,24,26)/t16-/m1/s1. The quantitative estimate of drug-likeness (QED) is 0.615. The Hall–Kier alpha value is -3.72. The Labute approximate surface area is 172 Å². The SMILES string of the molecule is Cc1onc(-c2ccccc2)c1COc1ccc(C(=O)NC[C@H]2CC(=O)NO2)cn1. The molecule has 1 atom stereocenters. The lowest BCUT2D eigenvalue weighted by molar-refractivity contribution is -0.124. The van der Waals surface area contributed by atoms with E-state index in [1.54, 1.807) is 12.1 Å². The molecule has 1 aliphatic rings. The first kappa shape index (κ1) is 19.6. The van der Waals surface area contributed by atoms with E-state index in [-0.39, 0.29) is 37.5 Å². The molecule has 2 N–H and O–H groups in total. The topological polar surface area (TPSA) is 116 Å². The van der Waals surface area contributed by atoms with Gasteiger partial charge >= 0.3 is 0 Å². The van der Waals surface area contributed by atoms with Gasteiger partial charge in [0.2, 0.25) is 11.8 Å². The Morgan fingerprint density at radius 1 is 1.27 bits per heavy atom. The van der Waals surface area contributed by atoms with E-state index in [0.29, 0.717) is 17.2 Å². The predicted octanol–water partition coefficient (Wildman–Crippen LogP) is 2.17. The third kappa shape index (κ3) is 4.47. The summed E-state index contributed by atoms with van der Waals surface area (Å²) in [4.78, 5) is 32.5. The molecule has 1 fully saturated rings. The van der Waals surface area contributed by atoms with E-state index in [1.807, 2.05) is 37.3 Å². The van der Waals surface area contributed by atoms with Crippen molar-refractivity contribution in [1.29, 1.82) is 0 Å². The Kier molecular flexibility index (Phi) is 5.71. The Balaban J connectivity index is 1.35. The molecule has 0 unspecified atom stereocenters. The molecule has 1 saturated heterocycles. The van der Waals surface area contributed by atoms with E-state index >= 15 is 0 Å². The molecule has 1 aromatic carbocycles. The maximum absolute atomic E-state index is 12.2. The zero-order chi connectivity index (χ0) is 20.9. The van der Waals surface area contributed by atoms with Crippen LogP contribution in [0.1, 0.15) is 28.1 Å². The van der Waals surface area contributed by atoms with Crippen LogP contribution in [0.3, 0.4) is 0 Å². The van der Waals surface area contributed by atoms with E-state index in [2.05, 4.69) is 20.9 Å². The van der Waals surface area contributed by atoms with Crippen LogP contribution in [0.15, 0.2) is 53.2 Å². The highest BCUT2D eigenvalue weighted by Crippen LogP contribution is 2.26. The molecule has 9 nitrogen and oxygen atoms in total. The lowest BCUT2D eigenvalue weighted by Crippen LogP contribution is -2.32. The van der Waals surface area contributed by atoms with E-state index in [1.165, 1.54) is 6.20 Å². The van der Waals surface area contributed by atoms with Crippen LogP contribution >= 0.6 is 0 Å². The summed E-state index contributed by atoms with van der Waals surface area (Å²) >= 11 is 0. The molecule has 0 aliphatic carbocycles. The van der Waals surface area contributed by atoms with Gasteiger partial charge in [-0.3, -0.25) is 14.4 Å². The number of benzene rings is 1. The fourth-order valence-electron chi connectivity index (χ4n) is 2.99. The van der Waals surface area contributed by atoms with E-state index < -0.39 is 0 Å². The van der Waals surface area contributed by atoms with Crippen LogP contribution < -0.4 is 15.5 Å². The number of amides is 2. The minimum atomic E-state index is -0.373. The monoisotopic (exact) mass is 408 g/mol. The van der Waals surface area contributed by atoms with Crippen LogP contribution in [0.5, 0.6) is 5.88 Å². The summed E-state index contributed by atoms with van der Waals surface area (Å²) in [6, 6.07) is 13.0. The number of carbonyl (C=O) groups is 2. The molecule has 2 amide bonds. The van der Waals surface area contributed by atoms with Gasteiger partial charge in [-0.05, 0) is 13.0 Å². The normalized spacial score (nSPS) is 15.6. The van der Waals surface area contributed by atoms with Crippen molar-refractivity contribution >= 4 is 11.8 Å². The minimum Gasteiger partial charge on any atom is -0.473 e. The lowest BCUT2D eigenvalue weighted by atomic mass is 10.1. The van der Waals surface area contributed by atoms with Gasteiger partial charge in [0.05, 0.1) is 17.5 Å². The summed E-state index contributed by atoms with van der Waals surface area (Å²) in [6.07, 6.45) is 1.28. The van der Waals surface area contributed by atoms with Gasteiger partial charge < -0.3 is 14.6 Å². The van der Waals surface area contributed by atoms with Gasteiger partial charge in [-0.25, -0.2) is 10.5 Å². The molecular weight excluding hydrogens is 388 g/mol. The highest BCUT2D eigenvalue weighted by atomic mass is 16.7. The molecule has 1 aliphatic heterocycles. The molecule has 9 heteroatoms. The van der Waals surface area contributed by atoms with Crippen LogP contribution in [0.25, 0.3) is 11.3 Å². The Bertz CT molecular complexity index is 1030. The largest absolute Gasteiger partial charge is 0.473 e. The predicted molar refractivity (Wildman–Crippen MR) is 105 cm³/mol. The molecule has 154 valence electrons. The summed E-state index contributed by atoms with van der Waals surface area (Å²) in [5.41, 5.74) is 5.14. The van der Waals surface area contributed by atoms with Crippen molar-refractivity contribution < 1.29 is 23.7 Å². The number of aromatic nitrogens is 2. The van der Waals surface area contributed by atoms with Gasteiger partial charge in [0.1, 0.15) is 24.2 Å². The number of pyridine rings is 1. The van der Waals surface area contributed by atoms with Crippen LogP contribution in [-0.4, -0.2) is 34.6 Å². The number of hydrogen-bond donors (Lipinski definition) is 2. The van der Waals surface area contributed by atoms with Crippen molar-refractivity contribution in [2.45, 2.75) is 26.1 Å². The summed E-state index contributed by atoms with van der Waals surface area (Å²) in [7, 11) is 0. The average Bonchev–Trinajstić information content (AvgIpc) is 3.36. The second kappa shape index (κ2) is 8.75. The van der Waals surface area contributed by atoms with Crippen LogP contribution in [0, 0.1) is 6.92 Å². The summed E-state index contributed by atoms with van der Waals surface area (Å²) < 4.78 is 11.1. The number of nitrogens with one attached hydrogen (secondary N) is 2. The number of carbonyl (C=O) groups excluding carboxylic acids is 2. The Morgan fingerprint density at radius 2 is 2.10 bits per heavy atom. The number of hydrogen-bond acceptors (Lipinski definition) is 7. The highest BCUT2D eigenvalue weighted by Gasteiger charge is 2.23. The third-order valence-corrected chi connectivity index (χ3v) is 4.64. The molecule has 3 heterocycles. The second-order valence-corrected chi connectivity index (χ2v) is 6.78. The molecule has 30 heavy (non-hydrogen) atoms. The van der Waals surface area contributed by atoms with Gasteiger partial charge in [0.15, 0.2) is 0 Å². The summed E-state index contributed by atoms with van der Waals surface area (Å²) in [5.74, 6) is 0.543. The first-order valence-corrected chi connectivity index (χ1v) is 9.42. The van der Waals surface area contributed by atoms with Crippen molar-refractivity contribution in [2.75, 3.05) is 6.54 Å². The maximum atomic E-state index is 12.2. The molecule has 4 rings (SSSR count). The van der Waals surface area contributed by atoms with E-state index in [9.17, 15) is 9.59 Å². The first-order chi connectivity index (χ1) is 14.6. The maximum Gasteiger partial charge on any atom is 0.252 e. The molecule has 2 aromatic heterocycles.